The van der Waals surface area contributed by atoms with E-state index in [2.05, 4.69) is 37.3 Å². The van der Waals surface area contributed by atoms with Crippen molar-refractivity contribution in [1.29, 1.82) is 0 Å². The fourth-order valence-corrected chi connectivity index (χ4v) is 2.37. The number of unbranched alkanes of at least 4 members (excludes halogenated alkanes) is 1. The normalized spacial score (nSPS) is 10.7. The number of anilines is 3. The van der Waals surface area contributed by atoms with Crippen molar-refractivity contribution in [1.82, 2.24) is 20.2 Å². The molecule has 0 bridgehead atoms. The van der Waals surface area contributed by atoms with Crippen molar-refractivity contribution in [2.75, 3.05) is 23.8 Å². The Kier molecular flexibility index (Phi) is 4.61. The van der Waals surface area contributed by atoms with Gasteiger partial charge in [0, 0.05) is 25.2 Å². The van der Waals surface area contributed by atoms with Crippen molar-refractivity contribution >= 4 is 28.4 Å². The average Bonchev–Trinajstić information content (AvgIpc) is 2.60. The number of benzene rings is 1. The van der Waals surface area contributed by atoms with E-state index in [4.69, 9.17) is 0 Å². The predicted octanol–water partition coefficient (Wildman–Crippen LogP) is 3.40. The molecule has 2 aromatic heterocycles. The summed E-state index contributed by atoms with van der Waals surface area (Å²) in [5, 5.41) is 12.4. The quantitative estimate of drug-likeness (QED) is 0.753. The summed E-state index contributed by atoms with van der Waals surface area (Å²) in [7, 11) is 2.02. The molecule has 0 fully saturated rings. The molecule has 0 aliphatic heterocycles. The number of hydrogen-bond acceptors (Lipinski definition) is 6. The minimum atomic E-state index is 0.476. The smallest absolute Gasteiger partial charge is 0.249 e. The number of hydrogen-bond donors (Lipinski definition) is 1. The van der Waals surface area contributed by atoms with Gasteiger partial charge in [-0.15, -0.1) is 5.10 Å². The zero-order chi connectivity index (χ0) is 16.1. The van der Waals surface area contributed by atoms with Gasteiger partial charge in [0.1, 0.15) is 0 Å². The van der Waals surface area contributed by atoms with Gasteiger partial charge in [0.15, 0.2) is 5.82 Å². The molecule has 6 heteroatoms. The second-order valence-electron chi connectivity index (χ2n) is 5.42. The van der Waals surface area contributed by atoms with Crippen LogP contribution in [0.5, 0.6) is 0 Å². The maximum Gasteiger partial charge on any atom is 0.249 e. The molecule has 3 aromatic rings. The summed E-state index contributed by atoms with van der Waals surface area (Å²) < 4.78 is 0. The van der Waals surface area contributed by atoms with Crippen LogP contribution in [0.25, 0.3) is 10.9 Å². The van der Waals surface area contributed by atoms with E-state index in [1.54, 1.807) is 12.4 Å². The van der Waals surface area contributed by atoms with E-state index in [0.717, 1.165) is 41.8 Å². The van der Waals surface area contributed by atoms with E-state index >= 15 is 0 Å². The molecule has 1 N–H and O–H groups in total. The summed E-state index contributed by atoms with van der Waals surface area (Å²) >= 11 is 0. The zero-order valence-electron chi connectivity index (χ0n) is 13.4. The highest BCUT2D eigenvalue weighted by Gasteiger charge is 2.07. The molecule has 0 atom stereocenters. The Balaban J connectivity index is 1.85. The van der Waals surface area contributed by atoms with Gasteiger partial charge in [-0.25, -0.2) is 0 Å². The van der Waals surface area contributed by atoms with E-state index in [0.29, 0.717) is 5.95 Å². The molecule has 0 amide bonds. The van der Waals surface area contributed by atoms with Crippen molar-refractivity contribution < 1.29 is 0 Å². The number of aromatic nitrogens is 4. The zero-order valence-corrected chi connectivity index (χ0v) is 13.4. The molecular weight excluding hydrogens is 288 g/mol. The van der Waals surface area contributed by atoms with E-state index in [9.17, 15) is 0 Å². The van der Waals surface area contributed by atoms with Crippen molar-refractivity contribution in [3.8, 4) is 0 Å². The Morgan fingerprint density at radius 2 is 2.04 bits per heavy atom. The molecule has 0 radical (unpaired) electrons. The first-order valence-electron chi connectivity index (χ1n) is 7.79. The third-order valence-corrected chi connectivity index (χ3v) is 3.66. The SMILES string of the molecule is CCCCN(C)c1cnnc(Nc2cccc3cccnc23)n1. The third kappa shape index (κ3) is 3.53. The summed E-state index contributed by atoms with van der Waals surface area (Å²) in [6, 6.07) is 9.93. The van der Waals surface area contributed by atoms with Crippen LogP contribution < -0.4 is 10.2 Å². The number of nitrogens with one attached hydrogen (secondary N) is 1. The molecule has 1 aromatic carbocycles. The molecule has 0 aliphatic rings. The molecule has 2 heterocycles. The fourth-order valence-electron chi connectivity index (χ4n) is 2.37. The van der Waals surface area contributed by atoms with E-state index in [1.165, 1.54) is 0 Å². The van der Waals surface area contributed by atoms with Crippen LogP contribution in [-0.4, -0.2) is 33.8 Å². The molecule has 23 heavy (non-hydrogen) atoms. The van der Waals surface area contributed by atoms with Gasteiger partial charge >= 0.3 is 0 Å². The highest BCUT2D eigenvalue weighted by atomic mass is 15.3. The van der Waals surface area contributed by atoms with Crippen LogP contribution in [0.1, 0.15) is 19.8 Å². The minimum absolute atomic E-state index is 0.476. The molecule has 0 unspecified atom stereocenters. The maximum absolute atomic E-state index is 4.54. The average molecular weight is 308 g/mol. The lowest BCUT2D eigenvalue weighted by Crippen LogP contribution is -2.20. The molecular formula is C17H20N6. The fraction of sp³-hybridized carbons (Fsp3) is 0.294. The number of pyridine rings is 1. The first-order valence-corrected chi connectivity index (χ1v) is 7.79. The van der Waals surface area contributed by atoms with Crippen molar-refractivity contribution in [2.24, 2.45) is 0 Å². The van der Waals surface area contributed by atoms with Gasteiger partial charge in [0.05, 0.1) is 17.4 Å². The Labute approximate surface area is 135 Å². The summed E-state index contributed by atoms with van der Waals surface area (Å²) in [4.78, 5) is 11.1. The first kappa shape index (κ1) is 15.1. The van der Waals surface area contributed by atoms with Crippen molar-refractivity contribution in [3.63, 3.8) is 0 Å². The summed E-state index contributed by atoms with van der Waals surface area (Å²) in [6.07, 6.45) is 5.73. The lowest BCUT2D eigenvalue weighted by molar-refractivity contribution is 0.754. The van der Waals surface area contributed by atoms with Crippen molar-refractivity contribution in [2.45, 2.75) is 19.8 Å². The second kappa shape index (κ2) is 7.00. The molecule has 0 saturated heterocycles. The third-order valence-electron chi connectivity index (χ3n) is 3.66. The largest absolute Gasteiger partial charge is 0.358 e. The van der Waals surface area contributed by atoms with Crippen LogP contribution in [0.3, 0.4) is 0 Å². The first-order chi connectivity index (χ1) is 11.3. The van der Waals surface area contributed by atoms with Crippen molar-refractivity contribution in [3.05, 3.63) is 42.7 Å². The van der Waals surface area contributed by atoms with Crippen LogP contribution >= 0.6 is 0 Å². The van der Waals surface area contributed by atoms with Crippen LogP contribution in [0.2, 0.25) is 0 Å². The van der Waals surface area contributed by atoms with E-state index < -0.39 is 0 Å². The minimum Gasteiger partial charge on any atom is -0.358 e. The molecule has 0 aliphatic carbocycles. The highest BCUT2D eigenvalue weighted by molar-refractivity contribution is 5.91. The molecule has 0 spiro atoms. The van der Waals surface area contributed by atoms with Gasteiger partial charge in [0.2, 0.25) is 5.95 Å². The maximum atomic E-state index is 4.54. The van der Waals surface area contributed by atoms with Gasteiger partial charge < -0.3 is 10.2 Å². The number of rotatable bonds is 6. The predicted molar refractivity (Wildman–Crippen MR) is 93.0 cm³/mol. The van der Waals surface area contributed by atoms with Crippen LogP contribution in [-0.2, 0) is 0 Å². The van der Waals surface area contributed by atoms with Gasteiger partial charge in [-0.3, -0.25) is 4.98 Å². The van der Waals surface area contributed by atoms with Crippen LogP contribution in [0.4, 0.5) is 17.5 Å². The van der Waals surface area contributed by atoms with Gasteiger partial charge in [-0.05, 0) is 18.6 Å². The highest BCUT2D eigenvalue weighted by Crippen LogP contribution is 2.23. The molecule has 6 nitrogen and oxygen atoms in total. The topological polar surface area (TPSA) is 66.8 Å². The number of nitrogens with zero attached hydrogens (tertiary/aromatic N) is 5. The summed E-state index contributed by atoms with van der Waals surface area (Å²) in [5.41, 5.74) is 1.77. The van der Waals surface area contributed by atoms with E-state index in [1.807, 2.05) is 37.4 Å². The Hall–Kier alpha value is -2.76. The monoisotopic (exact) mass is 308 g/mol. The van der Waals surface area contributed by atoms with Crippen LogP contribution in [0, 0.1) is 0 Å². The Morgan fingerprint density at radius 1 is 1.17 bits per heavy atom. The molecule has 118 valence electrons. The lowest BCUT2D eigenvalue weighted by Gasteiger charge is -2.17. The standard InChI is InChI=1S/C17H20N6/c1-3-4-11-23(2)15-12-19-22-17(21-15)20-14-9-5-7-13-8-6-10-18-16(13)14/h5-10,12H,3-4,11H2,1-2H3,(H,20,21,22). The van der Waals surface area contributed by atoms with E-state index in [-0.39, 0.29) is 0 Å². The van der Waals surface area contributed by atoms with Crippen LogP contribution in [0.15, 0.2) is 42.7 Å². The number of fused-ring (bicyclic) bond motifs is 1. The Bertz CT molecular complexity index is 783. The number of para-hydroxylation sites is 1. The molecule has 0 saturated carbocycles. The molecule has 3 rings (SSSR count). The van der Waals surface area contributed by atoms with Gasteiger partial charge in [-0.2, -0.15) is 10.1 Å². The lowest BCUT2D eigenvalue weighted by atomic mass is 10.2. The van der Waals surface area contributed by atoms with Gasteiger partial charge in [-0.1, -0.05) is 31.5 Å². The second-order valence-corrected chi connectivity index (χ2v) is 5.42. The Morgan fingerprint density at radius 3 is 2.91 bits per heavy atom. The summed E-state index contributed by atoms with van der Waals surface area (Å²) in [6.45, 7) is 3.12. The summed E-state index contributed by atoms with van der Waals surface area (Å²) in [5.74, 6) is 1.29. The van der Waals surface area contributed by atoms with Gasteiger partial charge in [0.25, 0.3) is 0 Å².